The molecule has 1 aliphatic carbocycles. The predicted octanol–water partition coefficient (Wildman–Crippen LogP) is 3.06. The van der Waals surface area contributed by atoms with Gasteiger partial charge in [-0.15, -0.1) is 0 Å². The maximum Gasteiger partial charge on any atom is 0.238 e. The molecule has 1 aliphatic rings. The van der Waals surface area contributed by atoms with Gasteiger partial charge in [0.15, 0.2) is 0 Å². The minimum atomic E-state index is -0.00840. The lowest BCUT2D eigenvalue weighted by molar-refractivity contribution is -0.115. The van der Waals surface area contributed by atoms with Crippen molar-refractivity contribution in [1.82, 2.24) is 5.32 Å². The predicted molar refractivity (Wildman–Crippen MR) is 74.9 cm³/mol. The summed E-state index contributed by atoms with van der Waals surface area (Å²) in [6.45, 7) is 1.30. The number of nitrogens with one attached hydrogen (secondary N) is 2. The molecule has 1 amide bonds. The van der Waals surface area contributed by atoms with Crippen LogP contribution >= 0.6 is 11.6 Å². The zero-order valence-corrected chi connectivity index (χ0v) is 11.2. The second-order valence-electron chi connectivity index (χ2n) is 4.82. The van der Waals surface area contributed by atoms with Crippen molar-refractivity contribution in [1.29, 1.82) is 0 Å². The maximum absolute atomic E-state index is 11.6. The van der Waals surface area contributed by atoms with E-state index in [1.54, 1.807) is 24.3 Å². The number of carbonyl (C=O) groups is 1. The molecule has 0 spiro atoms. The van der Waals surface area contributed by atoms with E-state index < -0.39 is 0 Å². The highest BCUT2D eigenvalue weighted by atomic mass is 35.5. The topological polar surface area (TPSA) is 41.1 Å². The Bertz CT molecular complexity index is 387. The summed E-state index contributed by atoms with van der Waals surface area (Å²) in [6.07, 6.45) is 5.28. The fourth-order valence-electron chi connectivity index (χ4n) is 2.03. The third-order valence-electron chi connectivity index (χ3n) is 3.37. The molecule has 4 heteroatoms. The van der Waals surface area contributed by atoms with Crippen LogP contribution in [-0.2, 0) is 4.79 Å². The van der Waals surface area contributed by atoms with Crippen LogP contribution in [0.15, 0.2) is 24.3 Å². The van der Waals surface area contributed by atoms with E-state index in [9.17, 15) is 4.79 Å². The molecule has 3 nitrogen and oxygen atoms in total. The highest BCUT2D eigenvalue weighted by Gasteiger charge is 2.16. The minimum Gasteiger partial charge on any atom is -0.325 e. The summed E-state index contributed by atoms with van der Waals surface area (Å²) in [4.78, 5) is 11.6. The van der Waals surface area contributed by atoms with Gasteiger partial charge in [-0.05, 0) is 43.1 Å². The number of hydrogen-bond donors (Lipinski definition) is 2. The Hall–Kier alpha value is -1.06. The molecule has 2 N–H and O–H groups in total. The Morgan fingerprint density at radius 1 is 1.28 bits per heavy atom. The van der Waals surface area contributed by atoms with Crippen molar-refractivity contribution < 1.29 is 4.79 Å². The Balaban J connectivity index is 1.60. The third kappa shape index (κ3) is 4.31. The summed E-state index contributed by atoms with van der Waals surface area (Å²) >= 11 is 5.77. The van der Waals surface area contributed by atoms with E-state index >= 15 is 0 Å². The van der Waals surface area contributed by atoms with Crippen LogP contribution in [0.3, 0.4) is 0 Å². The van der Waals surface area contributed by atoms with Gasteiger partial charge in [0.1, 0.15) is 0 Å². The second-order valence-corrected chi connectivity index (χ2v) is 5.25. The number of halogens is 1. The standard InChI is InChI=1S/C14H19ClN2O/c15-12-4-6-13(7-5-12)17-14(18)10-16-9-8-11-2-1-3-11/h4-7,11,16H,1-3,8-10H2,(H,17,18). The van der Waals surface area contributed by atoms with E-state index in [-0.39, 0.29) is 5.91 Å². The van der Waals surface area contributed by atoms with Crippen LogP contribution in [0, 0.1) is 5.92 Å². The van der Waals surface area contributed by atoms with Gasteiger partial charge < -0.3 is 10.6 Å². The van der Waals surface area contributed by atoms with Crippen molar-refractivity contribution in [3.05, 3.63) is 29.3 Å². The Morgan fingerprint density at radius 2 is 2.00 bits per heavy atom. The molecule has 1 fully saturated rings. The lowest BCUT2D eigenvalue weighted by atomic mass is 9.83. The van der Waals surface area contributed by atoms with Crippen molar-refractivity contribution in [3.63, 3.8) is 0 Å². The average molecular weight is 267 g/mol. The van der Waals surface area contributed by atoms with Gasteiger partial charge in [-0.1, -0.05) is 30.9 Å². The first-order valence-electron chi connectivity index (χ1n) is 6.50. The second kappa shape index (κ2) is 6.76. The monoisotopic (exact) mass is 266 g/mol. The fourth-order valence-corrected chi connectivity index (χ4v) is 2.15. The van der Waals surface area contributed by atoms with Gasteiger partial charge in [0.05, 0.1) is 6.54 Å². The molecule has 0 saturated heterocycles. The van der Waals surface area contributed by atoms with Gasteiger partial charge in [0.25, 0.3) is 0 Å². The fraction of sp³-hybridized carbons (Fsp3) is 0.500. The summed E-state index contributed by atoms with van der Waals surface area (Å²) in [5, 5.41) is 6.68. The molecule has 0 radical (unpaired) electrons. The molecule has 1 aromatic rings. The van der Waals surface area contributed by atoms with Crippen LogP contribution in [0.25, 0.3) is 0 Å². The van der Waals surface area contributed by atoms with Crippen molar-refractivity contribution in [2.75, 3.05) is 18.4 Å². The molecule has 18 heavy (non-hydrogen) atoms. The van der Waals surface area contributed by atoms with Crippen LogP contribution < -0.4 is 10.6 Å². The Morgan fingerprint density at radius 3 is 2.61 bits per heavy atom. The van der Waals surface area contributed by atoms with Gasteiger partial charge in [0.2, 0.25) is 5.91 Å². The van der Waals surface area contributed by atoms with Crippen LogP contribution in [0.4, 0.5) is 5.69 Å². The zero-order valence-electron chi connectivity index (χ0n) is 10.4. The molecule has 0 aliphatic heterocycles. The van der Waals surface area contributed by atoms with E-state index in [1.165, 1.54) is 25.7 Å². The lowest BCUT2D eigenvalue weighted by Crippen LogP contribution is -2.30. The van der Waals surface area contributed by atoms with E-state index in [4.69, 9.17) is 11.6 Å². The molecule has 0 atom stereocenters. The van der Waals surface area contributed by atoms with Crippen molar-refractivity contribution in [2.45, 2.75) is 25.7 Å². The summed E-state index contributed by atoms with van der Waals surface area (Å²) in [5.74, 6) is 0.878. The highest BCUT2D eigenvalue weighted by molar-refractivity contribution is 6.30. The molecule has 0 aromatic heterocycles. The first kappa shape index (κ1) is 13.4. The first-order chi connectivity index (χ1) is 8.74. The van der Waals surface area contributed by atoms with Crippen LogP contribution in [0.2, 0.25) is 5.02 Å². The van der Waals surface area contributed by atoms with Gasteiger partial charge in [0, 0.05) is 10.7 Å². The SMILES string of the molecule is O=C(CNCCC1CCC1)Nc1ccc(Cl)cc1. The van der Waals surface area contributed by atoms with E-state index in [1.807, 2.05) is 0 Å². The molecule has 0 heterocycles. The summed E-state index contributed by atoms with van der Waals surface area (Å²) < 4.78 is 0. The largest absolute Gasteiger partial charge is 0.325 e. The number of amides is 1. The van der Waals surface area contributed by atoms with Crippen LogP contribution in [0.5, 0.6) is 0 Å². The smallest absolute Gasteiger partial charge is 0.238 e. The van der Waals surface area contributed by atoms with E-state index in [0.717, 1.165) is 18.2 Å². The zero-order chi connectivity index (χ0) is 12.8. The number of rotatable bonds is 6. The molecular formula is C14H19ClN2O. The van der Waals surface area contributed by atoms with Crippen molar-refractivity contribution in [3.8, 4) is 0 Å². The maximum atomic E-state index is 11.6. The summed E-state index contributed by atoms with van der Waals surface area (Å²) in [5.41, 5.74) is 0.783. The lowest BCUT2D eigenvalue weighted by Gasteiger charge is -2.25. The van der Waals surface area contributed by atoms with Crippen molar-refractivity contribution in [2.24, 2.45) is 5.92 Å². The minimum absolute atomic E-state index is 0.00840. The third-order valence-corrected chi connectivity index (χ3v) is 3.62. The number of anilines is 1. The summed E-state index contributed by atoms with van der Waals surface area (Å²) in [6, 6.07) is 7.13. The molecule has 1 saturated carbocycles. The van der Waals surface area contributed by atoms with Crippen LogP contribution in [0.1, 0.15) is 25.7 Å². The number of benzene rings is 1. The Labute approximate surface area is 113 Å². The molecular weight excluding hydrogens is 248 g/mol. The van der Waals surface area contributed by atoms with Gasteiger partial charge in [-0.3, -0.25) is 4.79 Å². The summed E-state index contributed by atoms with van der Waals surface area (Å²) in [7, 11) is 0. The average Bonchev–Trinajstić information content (AvgIpc) is 2.29. The van der Waals surface area contributed by atoms with E-state index in [2.05, 4.69) is 10.6 Å². The van der Waals surface area contributed by atoms with Crippen LogP contribution in [-0.4, -0.2) is 19.0 Å². The van der Waals surface area contributed by atoms with Crippen molar-refractivity contribution >= 4 is 23.2 Å². The molecule has 2 rings (SSSR count). The van der Waals surface area contributed by atoms with E-state index in [0.29, 0.717) is 11.6 Å². The Kier molecular flexibility index (Phi) is 5.02. The molecule has 0 bridgehead atoms. The number of hydrogen-bond acceptors (Lipinski definition) is 2. The molecule has 1 aromatic carbocycles. The van der Waals surface area contributed by atoms with Gasteiger partial charge >= 0.3 is 0 Å². The molecule has 98 valence electrons. The number of carbonyl (C=O) groups excluding carboxylic acids is 1. The quantitative estimate of drug-likeness (QED) is 0.777. The normalized spacial score (nSPS) is 15.2. The first-order valence-corrected chi connectivity index (χ1v) is 6.88. The van der Waals surface area contributed by atoms with Gasteiger partial charge in [-0.2, -0.15) is 0 Å². The highest BCUT2D eigenvalue weighted by Crippen LogP contribution is 2.28. The van der Waals surface area contributed by atoms with Gasteiger partial charge in [-0.25, -0.2) is 0 Å². The molecule has 0 unspecified atom stereocenters.